The van der Waals surface area contributed by atoms with Crippen molar-refractivity contribution in [1.29, 1.82) is 0 Å². The average molecular weight is 258 g/mol. The van der Waals surface area contributed by atoms with Gasteiger partial charge in [0, 0.05) is 0 Å². The number of nitrogens with one attached hydrogen (secondary N) is 1. The lowest BCUT2D eigenvalue weighted by Crippen LogP contribution is -2.23. The lowest BCUT2D eigenvalue weighted by molar-refractivity contribution is 0.594. The number of hydrogen-bond donors (Lipinski definition) is 1. The summed E-state index contributed by atoms with van der Waals surface area (Å²) >= 11 is 0. The lowest BCUT2D eigenvalue weighted by atomic mass is 9.98. The van der Waals surface area contributed by atoms with Crippen molar-refractivity contribution in [2.75, 3.05) is 6.54 Å². The molecule has 0 fully saturated rings. The van der Waals surface area contributed by atoms with Crippen LogP contribution in [0.5, 0.6) is 0 Å². The van der Waals surface area contributed by atoms with Gasteiger partial charge in [0.05, 0.1) is 17.9 Å². The van der Waals surface area contributed by atoms with Crippen molar-refractivity contribution in [3.8, 4) is 0 Å². The highest BCUT2D eigenvalue weighted by atomic mass is 19.1. The second kappa shape index (κ2) is 5.93. The van der Waals surface area contributed by atoms with E-state index in [1.165, 1.54) is 29.0 Å². The molecule has 0 radical (unpaired) electrons. The molecule has 0 amide bonds. The van der Waals surface area contributed by atoms with Crippen LogP contribution in [-0.4, -0.2) is 11.5 Å². The van der Waals surface area contributed by atoms with Crippen LogP contribution >= 0.6 is 0 Å². The van der Waals surface area contributed by atoms with Crippen LogP contribution in [0.1, 0.15) is 35.3 Å². The second-order valence-corrected chi connectivity index (χ2v) is 4.81. The fraction of sp³-hybridized carbons (Fsp3) is 0.312. The van der Waals surface area contributed by atoms with Crippen LogP contribution in [0.2, 0.25) is 0 Å². The number of aromatic nitrogens is 1. The molecule has 2 aromatic rings. The Morgan fingerprint density at radius 2 is 1.84 bits per heavy atom. The third-order valence-corrected chi connectivity index (χ3v) is 3.03. The summed E-state index contributed by atoms with van der Waals surface area (Å²) in [7, 11) is 0. The third kappa shape index (κ3) is 3.38. The molecule has 1 aromatic heterocycles. The van der Waals surface area contributed by atoms with E-state index in [1.54, 1.807) is 6.07 Å². The van der Waals surface area contributed by atoms with E-state index in [2.05, 4.69) is 49.3 Å². The fourth-order valence-corrected chi connectivity index (χ4v) is 2.33. The number of benzene rings is 1. The first-order chi connectivity index (χ1) is 9.10. The molecule has 2 nitrogen and oxygen atoms in total. The summed E-state index contributed by atoms with van der Waals surface area (Å²) in [6.07, 6.45) is 1.27. The maximum atomic E-state index is 13.0. The first-order valence-electron chi connectivity index (χ1n) is 6.53. The molecular weight excluding hydrogens is 239 g/mol. The molecule has 0 aliphatic heterocycles. The molecule has 19 heavy (non-hydrogen) atoms. The first kappa shape index (κ1) is 13.7. The van der Waals surface area contributed by atoms with Crippen LogP contribution in [0.25, 0.3) is 0 Å². The number of aryl methyl sites for hydroxylation is 2. The summed E-state index contributed by atoms with van der Waals surface area (Å²) in [5, 5.41) is 3.40. The smallest absolute Gasteiger partial charge is 0.141 e. The number of pyridine rings is 1. The van der Waals surface area contributed by atoms with Gasteiger partial charge < -0.3 is 5.32 Å². The summed E-state index contributed by atoms with van der Waals surface area (Å²) in [5.74, 6) is -0.306. The van der Waals surface area contributed by atoms with E-state index in [0.717, 1.165) is 12.2 Å². The molecule has 0 bridgehead atoms. The minimum absolute atomic E-state index is 0.00389. The molecule has 1 unspecified atom stereocenters. The van der Waals surface area contributed by atoms with Gasteiger partial charge in [-0.25, -0.2) is 4.39 Å². The maximum Gasteiger partial charge on any atom is 0.141 e. The number of halogens is 1. The van der Waals surface area contributed by atoms with E-state index in [0.29, 0.717) is 0 Å². The van der Waals surface area contributed by atoms with E-state index >= 15 is 0 Å². The van der Waals surface area contributed by atoms with Gasteiger partial charge in [-0.3, -0.25) is 4.98 Å². The summed E-state index contributed by atoms with van der Waals surface area (Å²) in [5.41, 5.74) is 4.45. The average Bonchev–Trinajstić information content (AvgIpc) is 2.36. The largest absolute Gasteiger partial charge is 0.305 e. The van der Waals surface area contributed by atoms with Crippen LogP contribution in [0.3, 0.4) is 0 Å². The fourth-order valence-electron chi connectivity index (χ4n) is 2.33. The van der Waals surface area contributed by atoms with E-state index in [1.807, 2.05) is 0 Å². The zero-order valence-corrected chi connectivity index (χ0v) is 11.6. The number of nitrogens with zero attached hydrogens (tertiary/aromatic N) is 1. The van der Waals surface area contributed by atoms with Crippen LogP contribution in [0.15, 0.2) is 36.5 Å². The molecule has 0 saturated heterocycles. The monoisotopic (exact) mass is 258 g/mol. The Hall–Kier alpha value is -1.74. The van der Waals surface area contributed by atoms with Crippen LogP contribution < -0.4 is 5.32 Å². The van der Waals surface area contributed by atoms with Crippen molar-refractivity contribution < 1.29 is 4.39 Å². The quantitative estimate of drug-likeness (QED) is 0.907. The molecule has 1 aromatic carbocycles. The number of hydrogen-bond acceptors (Lipinski definition) is 2. The minimum atomic E-state index is -0.306. The van der Waals surface area contributed by atoms with E-state index in [-0.39, 0.29) is 11.9 Å². The normalized spacial score (nSPS) is 12.4. The zero-order chi connectivity index (χ0) is 13.8. The van der Waals surface area contributed by atoms with Gasteiger partial charge in [-0.05, 0) is 38.1 Å². The predicted molar refractivity (Wildman–Crippen MR) is 75.6 cm³/mol. The zero-order valence-electron chi connectivity index (χ0n) is 11.6. The Morgan fingerprint density at radius 3 is 2.37 bits per heavy atom. The highest BCUT2D eigenvalue weighted by Crippen LogP contribution is 2.22. The van der Waals surface area contributed by atoms with Crippen molar-refractivity contribution in [1.82, 2.24) is 10.3 Å². The van der Waals surface area contributed by atoms with Gasteiger partial charge in [-0.2, -0.15) is 0 Å². The van der Waals surface area contributed by atoms with Crippen molar-refractivity contribution in [2.45, 2.75) is 26.8 Å². The van der Waals surface area contributed by atoms with E-state index in [4.69, 9.17) is 0 Å². The Kier molecular flexibility index (Phi) is 4.27. The van der Waals surface area contributed by atoms with Gasteiger partial charge in [0.2, 0.25) is 0 Å². The lowest BCUT2D eigenvalue weighted by Gasteiger charge is -2.19. The standard InChI is InChI=1S/C16H19FN2/c1-4-18-16(15-6-5-14(17)10-19-15)13-8-11(2)7-12(3)9-13/h5-10,16,18H,4H2,1-3H3. The summed E-state index contributed by atoms with van der Waals surface area (Å²) < 4.78 is 13.0. The molecule has 0 aliphatic carbocycles. The third-order valence-electron chi connectivity index (χ3n) is 3.03. The predicted octanol–water partition coefficient (Wildman–Crippen LogP) is 3.54. The van der Waals surface area contributed by atoms with Gasteiger partial charge in [-0.1, -0.05) is 36.2 Å². The maximum absolute atomic E-state index is 13.0. The van der Waals surface area contributed by atoms with Crippen molar-refractivity contribution >= 4 is 0 Å². The van der Waals surface area contributed by atoms with Crippen LogP contribution in [-0.2, 0) is 0 Å². The van der Waals surface area contributed by atoms with E-state index in [9.17, 15) is 4.39 Å². The SMILES string of the molecule is CCNC(c1cc(C)cc(C)c1)c1ccc(F)cn1. The van der Waals surface area contributed by atoms with Gasteiger partial charge in [0.1, 0.15) is 5.82 Å². The molecule has 1 heterocycles. The summed E-state index contributed by atoms with van der Waals surface area (Å²) in [6.45, 7) is 7.05. The van der Waals surface area contributed by atoms with Gasteiger partial charge in [0.15, 0.2) is 0 Å². The second-order valence-electron chi connectivity index (χ2n) is 4.81. The molecule has 0 spiro atoms. The van der Waals surface area contributed by atoms with Crippen LogP contribution in [0.4, 0.5) is 4.39 Å². The van der Waals surface area contributed by atoms with E-state index < -0.39 is 0 Å². The summed E-state index contributed by atoms with van der Waals surface area (Å²) in [6, 6.07) is 9.63. The molecule has 100 valence electrons. The Bertz CT molecular complexity index is 529. The molecule has 1 N–H and O–H groups in total. The van der Waals surface area contributed by atoms with Gasteiger partial charge >= 0.3 is 0 Å². The molecule has 1 atom stereocenters. The molecule has 0 saturated carbocycles. The van der Waals surface area contributed by atoms with Crippen molar-refractivity contribution in [3.63, 3.8) is 0 Å². The molecular formula is C16H19FN2. The Labute approximate surface area is 113 Å². The highest BCUT2D eigenvalue weighted by molar-refractivity contribution is 5.34. The Morgan fingerprint density at radius 1 is 1.16 bits per heavy atom. The van der Waals surface area contributed by atoms with Crippen molar-refractivity contribution in [3.05, 3.63) is 64.7 Å². The topological polar surface area (TPSA) is 24.9 Å². The molecule has 2 rings (SSSR count). The van der Waals surface area contributed by atoms with Gasteiger partial charge in [0.25, 0.3) is 0 Å². The highest BCUT2D eigenvalue weighted by Gasteiger charge is 2.15. The van der Waals surface area contributed by atoms with Crippen LogP contribution in [0, 0.1) is 19.7 Å². The first-order valence-corrected chi connectivity index (χ1v) is 6.53. The molecule has 3 heteroatoms. The summed E-state index contributed by atoms with van der Waals surface area (Å²) in [4.78, 5) is 4.20. The minimum Gasteiger partial charge on any atom is -0.305 e. The van der Waals surface area contributed by atoms with Gasteiger partial charge in [-0.15, -0.1) is 0 Å². The van der Waals surface area contributed by atoms with Crippen molar-refractivity contribution in [2.24, 2.45) is 0 Å². The number of rotatable bonds is 4. The Balaban J connectivity index is 2.41. The molecule has 0 aliphatic rings.